The predicted octanol–water partition coefficient (Wildman–Crippen LogP) is 9.42. The summed E-state index contributed by atoms with van der Waals surface area (Å²) in [6.45, 7) is 2.28. The summed E-state index contributed by atoms with van der Waals surface area (Å²) in [7, 11) is 0. The van der Waals surface area contributed by atoms with Gasteiger partial charge in [-0.15, -0.1) is 0 Å². The summed E-state index contributed by atoms with van der Waals surface area (Å²) in [5, 5.41) is 9.06. The van der Waals surface area contributed by atoms with Crippen molar-refractivity contribution in [2.24, 2.45) is 0 Å². The molecule has 0 atom stereocenters. The topological polar surface area (TPSA) is 54.4 Å². The number of unbranched alkanes of at least 4 members (excludes halogenated alkanes) is 15. The number of carboxylic acids is 1. The first kappa shape index (κ1) is 28.8. The zero-order valence-corrected chi connectivity index (χ0v) is 21.9. The van der Waals surface area contributed by atoms with Gasteiger partial charge < -0.3 is 5.11 Å². The minimum Gasteiger partial charge on any atom is -0.478 e. The fourth-order valence-corrected chi connectivity index (χ4v) is 4.74. The van der Waals surface area contributed by atoms with Crippen molar-refractivity contribution in [2.45, 2.75) is 116 Å². The van der Waals surface area contributed by atoms with Gasteiger partial charge in [0, 0.05) is 11.1 Å². The largest absolute Gasteiger partial charge is 0.478 e. The zero-order valence-electron chi connectivity index (χ0n) is 21.9. The van der Waals surface area contributed by atoms with Crippen LogP contribution in [0.5, 0.6) is 0 Å². The lowest BCUT2D eigenvalue weighted by molar-refractivity contribution is 0.0696. The van der Waals surface area contributed by atoms with Crippen molar-refractivity contribution in [2.75, 3.05) is 0 Å². The summed E-state index contributed by atoms with van der Waals surface area (Å²) in [6.07, 6.45) is 22.6. The molecule has 0 aliphatic heterocycles. The first-order valence-corrected chi connectivity index (χ1v) is 14.1. The first-order chi connectivity index (χ1) is 17.1. The van der Waals surface area contributed by atoms with Gasteiger partial charge in [-0.25, -0.2) is 4.79 Å². The maximum Gasteiger partial charge on any atom is 0.335 e. The van der Waals surface area contributed by atoms with Crippen molar-refractivity contribution in [3.8, 4) is 0 Å². The van der Waals surface area contributed by atoms with Crippen LogP contribution in [-0.2, 0) is 6.42 Å². The molecule has 0 fully saturated rings. The number of carboxylic acid groups (broad SMARTS) is 1. The zero-order chi connectivity index (χ0) is 25.1. The number of hydrogen-bond donors (Lipinski definition) is 1. The Kier molecular flexibility index (Phi) is 14.8. The monoisotopic (exact) mass is 478 g/mol. The Bertz CT molecular complexity index is 853. The Morgan fingerprint density at radius 3 is 1.49 bits per heavy atom. The van der Waals surface area contributed by atoms with E-state index in [0.29, 0.717) is 5.56 Å². The predicted molar refractivity (Wildman–Crippen MR) is 147 cm³/mol. The van der Waals surface area contributed by atoms with Gasteiger partial charge in [-0.3, -0.25) is 4.79 Å². The molecule has 0 saturated carbocycles. The van der Waals surface area contributed by atoms with E-state index in [1.807, 2.05) is 24.3 Å². The summed E-state index contributed by atoms with van der Waals surface area (Å²) in [4.78, 5) is 24.0. The van der Waals surface area contributed by atoms with E-state index in [-0.39, 0.29) is 11.3 Å². The third-order valence-corrected chi connectivity index (χ3v) is 6.96. The van der Waals surface area contributed by atoms with Crippen LogP contribution >= 0.6 is 0 Å². The smallest absolute Gasteiger partial charge is 0.335 e. The molecule has 2 rings (SSSR count). The molecule has 2 aromatic carbocycles. The molecule has 1 N–H and O–H groups in total. The van der Waals surface area contributed by atoms with E-state index < -0.39 is 5.97 Å². The Hall–Kier alpha value is -2.42. The first-order valence-electron chi connectivity index (χ1n) is 14.1. The molecule has 0 aliphatic rings. The van der Waals surface area contributed by atoms with Gasteiger partial charge in [-0.1, -0.05) is 140 Å². The van der Waals surface area contributed by atoms with Crippen LogP contribution in [0.25, 0.3) is 0 Å². The molecule has 3 heteroatoms. The second-order valence-electron chi connectivity index (χ2n) is 9.92. The normalized spacial score (nSPS) is 11.0. The summed E-state index contributed by atoms with van der Waals surface area (Å²) in [5.41, 5.74) is 2.55. The van der Waals surface area contributed by atoms with Crippen molar-refractivity contribution in [1.82, 2.24) is 0 Å². The third-order valence-electron chi connectivity index (χ3n) is 6.96. The second kappa shape index (κ2) is 17.9. The highest BCUT2D eigenvalue weighted by Crippen LogP contribution is 2.19. The number of hydrogen-bond acceptors (Lipinski definition) is 2. The summed E-state index contributed by atoms with van der Waals surface area (Å²) >= 11 is 0. The van der Waals surface area contributed by atoms with Crippen LogP contribution in [0, 0.1) is 0 Å². The number of benzene rings is 2. The Morgan fingerprint density at radius 1 is 0.571 bits per heavy atom. The van der Waals surface area contributed by atoms with Gasteiger partial charge in [0.1, 0.15) is 0 Å². The van der Waals surface area contributed by atoms with Crippen LogP contribution in [0.4, 0.5) is 0 Å². The van der Waals surface area contributed by atoms with Crippen molar-refractivity contribution in [1.29, 1.82) is 0 Å². The van der Waals surface area contributed by atoms with Crippen molar-refractivity contribution < 1.29 is 14.7 Å². The molecule has 0 radical (unpaired) electrons. The Labute approximate surface area is 213 Å². The number of aryl methyl sites for hydroxylation is 1. The summed E-state index contributed by atoms with van der Waals surface area (Å²) in [5.74, 6) is -1.01. The number of rotatable bonds is 20. The minimum absolute atomic E-state index is 0.0333. The maximum absolute atomic E-state index is 13.0. The average Bonchev–Trinajstić information content (AvgIpc) is 2.88. The summed E-state index contributed by atoms with van der Waals surface area (Å²) < 4.78 is 0. The van der Waals surface area contributed by atoms with E-state index in [9.17, 15) is 9.59 Å². The van der Waals surface area contributed by atoms with Crippen LogP contribution in [0.2, 0.25) is 0 Å². The standard InChI is InChI=1S/C32H46O3/c1-2-3-4-5-6-7-8-9-10-11-12-13-14-15-16-17-20-27-21-18-19-22-30(27)31(33)28-23-25-29(26-24-28)32(34)35/h18-19,21-26H,2-17,20H2,1H3,(H,34,35). The molecule has 3 nitrogen and oxygen atoms in total. The SMILES string of the molecule is CCCCCCCCCCCCCCCCCCc1ccccc1C(=O)c1ccc(C(=O)O)cc1. The number of carbonyl (C=O) groups is 2. The van der Waals surface area contributed by atoms with E-state index in [4.69, 9.17) is 5.11 Å². The van der Waals surface area contributed by atoms with Gasteiger partial charge in [0.2, 0.25) is 0 Å². The average molecular weight is 479 g/mol. The fourth-order valence-electron chi connectivity index (χ4n) is 4.74. The molecule has 0 heterocycles. The molecule has 0 amide bonds. The molecule has 0 aliphatic carbocycles. The highest BCUT2D eigenvalue weighted by molar-refractivity contribution is 6.10. The van der Waals surface area contributed by atoms with Gasteiger partial charge in [-0.2, -0.15) is 0 Å². The van der Waals surface area contributed by atoms with Gasteiger partial charge >= 0.3 is 5.97 Å². The Morgan fingerprint density at radius 2 is 1.00 bits per heavy atom. The molecular formula is C32H46O3. The van der Waals surface area contributed by atoms with Gasteiger partial charge in [-0.05, 0) is 30.5 Å². The van der Waals surface area contributed by atoms with Gasteiger partial charge in [0.25, 0.3) is 0 Å². The lowest BCUT2D eigenvalue weighted by Gasteiger charge is -2.09. The lowest BCUT2D eigenvalue weighted by atomic mass is 9.94. The summed E-state index contributed by atoms with van der Waals surface area (Å²) in [6, 6.07) is 14.0. The number of carbonyl (C=O) groups excluding carboxylic acids is 1. The molecular weight excluding hydrogens is 432 g/mol. The van der Waals surface area contributed by atoms with Crippen LogP contribution in [0.3, 0.4) is 0 Å². The highest BCUT2D eigenvalue weighted by atomic mass is 16.4. The lowest BCUT2D eigenvalue weighted by Crippen LogP contribution is -2.06. The molecule has 0 bridgehead atoms. The van der Waals surface area contributed by atoms with Crippen molar-refractivity contribution in [3.05, 3.63) is 70.8 Å². The van der Waals surface area contributed by atoms with Gasteiger partial charge in [0.05, 0.1) is 5.56 Å². The minimum atomic E-state index is -0.979. The quantitative estimate of drug-likeness (QED) is 0.152. The van der Waals surface area contributed by atoms with E-state index in [1.54, 1.807) is 12.1 Å². The fraction of sp³-hybridized carbons (Fsp3) is 0.562. The van der Waals surface area contributed by atoms with Crippen LogP contribution in [-0.4, -0.2) is 16.9 Å². The van der Waals surface area contributed by atoms with Gasteiger partial charge in [0.15, 0.2) is 5.78 Å². The van der Waals surface area contributed by atoms with Crippen molar-refractivity contribution in [3.63, 3.8) is 0 Å². The molecule has 35 heavy (non-hydrogen) atoms. The van der Waals surface area contributed by atoms with E-state index in [0.717, 1.165) is 24.0 Å². The third kappa shape index (κ3) is 11.7. The molecule has 0 saturated heterocycles. The molecule has 0 unspecified atom stereocenters. The number of aromatic carboxylic acids is 1. The molecule has 192 valence electrons. The van der Waals surface area contributed by atoms with E-state index in [1.165, 1.54) is 108 Å². The van der Waals surface area contributed by atoms with Crippen LogP contribution < -0.4 is 0 Å². The van der Waals surface area contributed by atoms with E-state index >= 15 is 0 Å². The maximum atomic E-state index is 13.0. The van der Waals surface area contributed by atoms with Crippen LogP contribution in [0.1, 0.15) is 141 Å². The molecule has 2 aromatic rings. The second-order valence-corrected chi connectivity index (χ2v) is 9.92. The highest BCUT2D eigenvalue weighted by Gasteiger charge is 2.14. The van der Waals surface area contributed by atoms with Crippen LogP contribution in [0.15, 0.2) is 48.5 Å². The number of ketones is 1. The molecule has 0 aromatic heterocycles. The molecule has 0 spiro atoms. The Balaban J connectivity index is 1.56. The van der Waals surface area contributed by atoms with Crippen molar-refractivity contribution >= 4 is 11.8 Å². The van der Waals surface area contributed by atoms with E-state index in [2.05, 4.69) is 6.92 Å².